The van der Waals surface area contributed by atoms with Crippen molar-refractivity contribution < 1.29 is 4.74 Å². The summed E-state index contributed by atoms with van der Waals surface area (Å²) in [7, 11) is 1.79. The van der Waals surface area contributed by atoms with Gasteiger partial charge in [0, 0.05) is 7.11 Å². The van der Waals surface area contributed by atoms with E-state index in [1.807, 2.05) is 0 Å². The molecule has 0 aromatic carbocycles. The molecule has 0 aliphatic heterocycles. The van der Waals surface area contributed by atoms with Crippen LogP contribution in [-0.2, 0) is 4.74 Å². The van der Waals surface area contributed by atoms with Gasteiger partial charge in [-0.2, -0.15) is 0 Å². The summed E-state index contributed by atoms with van der Waals surface area (Å²) >= 11 is 0. The minimum Gasteiger partial charge on any atom is -0.381 e. The molecule has 0 saturated heterocycles. The Bertz CT molecular complexity index is 83.3. The molecule has 0 aromatic rings. The fraction of sp³-hybridized carbons (Fsp3) is 1.00. The lowest BCUT2D eigenvalue weighted by Crippen LogP contribution is -2.32. The third-order valence-corrected chi connectivity index (χ3v) is 2.44. The Morgan fingerprint density at radius 2 is 2.10 bits per heavy atom. The van der Waals surface area contributed by atoms with Crippen molar-refractivity contribution >= 4 is 0 Å². The molecule has 1 saturated carbocycles. The quantitative estimate of drug-likeness (QED) is 0.629. The van der Waals surface area contributed by atoms with E-state index in [4.69, 9.17) is 10.5 Å². The highest BCUT2D eigenvalue weighted by Crippen LogP contribution is 2.25. The molecule has 2 nitrogen and oxygen atoms in total. The van der Waals surface area contributed by atoms with Crippen LogP contribution in [0.2, 0.25) is 0 Å². The van der Waals surface area contributed by atoms with Crippen molar-refractivity contribution in [1.82, 2.24) is 0 Å². The first kappa shape index (κ1) is 8.02. The number of methoxy groups -OCH3 is 1. The van der Waals surface area contributed by atoms with Gasteiger partial charge in [-0.25, -0.2) is 0 Å². The smallest absolute Gasteiger partial charge is 0.0611 e. The van der Waals surface area contributed by atoms with Gasteiger partial charge in [0.25, 0.3) is 0 Å². The van der Waals surface area contributed by atoms with Crippen molar-refractivity contribution in [2.45, 2.75) is 31.8 Å². The van der Waals surface area contributed by atoms with E-state index in [2.05, 4.69) is 0 Å². The second-order valence-corrected chi connectivity index (χ2v) is 3.05. The standard InChI is InChI=1S/C8H17NO/c1-10-8-5-3-2-4-7(8)6-9/h7-8H,2-6,9H2,1H3. The Kier molecular flexibility index (Phi) is 3.16. The summed E-state index contributed by atoms with van der Waals surface area (Å²) in [5.41, 5.74) is 5.59. The highest BCUT2D eigenvalue weighted by molar-refractivity contribution is 4.75. The van der Waals surface area contributed by atoms with E-state index < -0.39 is 0 Å². The molecule has 0 radical (unpaired) electrons. The maximum atomic E-state index is 5.59. The Morgan fingerprint density at radius 3 is 2.60 bits per heavy atom. The first-order valence-corrected chi connectivity index (χ1v) is 4.11. The van der Waals surface area contributed by atoms with Crippen LogP contribution in [0.3, 0.4) is 0 Å². The Balaban J connectivity index is 2.34. The van der Waals surface area contributed by atoms with Crippen molar-refractivity contribution in [3.05, 3.63) is 0 Å². The topological polar surface area (TPSA) is 35.2 Å². The summed E-state index contributed by atoms with van der Waals surface area (Å²) in [6, 6.07) is 0. The van der Waals surface area contributed by atoms with Gasteiger partial charge in [0.05, 0.1) is 6.10 Å². The average Bonchev–Trinajstić information content (AvgIpc) is 2.04. The zero-order valence-electron chi connectivity index (χ0n) is 6.68. The minimum absolute atomic E-state index is 0.443. The maximum absolute atomic E-state index is 5.59. The van der Waals surface area contributed by atoms with Gasteiger partial charge < -0.3 is 10.5 Å². The van der Waals surface area contributed by atoms with E-state index in [1.54, 1.807) is 7.11 Å². The molecule has 0 aromatic heterocycles. The van der Waals surface area contributed by atoms with E-state index in [9.17, 15) is 0 Å². The maximum Gasteiger partial charge on any atom is 0.0611 e. The van der Waals surface area contributed by atoms with Crippen molar-refractivity contribution in [3.63, 3.8) is 0 Å². The van der Waals surface area contributed by atoms with Gasteiger partial charge in [-0.3, -0.25) is 0 Å². The average molecular weight is 143 g/mol. The van der Waals surface area contributed by atoms with Gasteiger partial charge in [-0.05, 0) is 25.3 Å². The molecule has 2 atom stereocenters. The Morgan fingerprint density at radius 1 is 1.40 bits per heavy atom. The van der Waals surface area contributed by atoms with Crippen LogP contribution < -0.4 is 5.73 Å². The van der Waals surface area contributed by atoms with Crippen LogP contribution in [0.5, 0.6) is 0 Å². The molecule has 1 aliphatic carbocycles. The fourth-order valence-electron chi connectivity index (χ4n) is 1.75. The molecule has 0 spiro atoms. The summed E-state index contributed by atoms with van der Waals surface area (Å²) in [4.78, 5) is 0. The van der Waals surface area contributed by atoms with Crippen LogP contribution in [0.4, 0.5) is 0 Å². The van der Waals surface area contributed by atoms with Crippen molar-refractivity contribution in [3.8, 4) is 0 Å². The van der Waals surface area contributed by atoms with Crippen LogP contribution in [0.15, 0.2) is 0 Å². The highest BCUT2D eigenvalue weighted by atomic mass is 16.5. The lowest BCUT2D eigenvalue weighted by Gasteiger charge is -2.29. The second kappa shape index (κ2) is 3.94. The predicted octanol–water partition coefficient (Wildman–Crippen LogP) is 1.15. The zero-order chi connectivity index (χ0) is 7.40. The molecule has 1 fully saturated rings. The monoisotopic (exact) mass is 143 g/mol. The van der Waals surface area contributed by atoms with Crippen molar-refractivity contribution in [2.24, 2.45) is 11.7 Å². The summed E-state index contributed by atoms with van der Waals surface area (Å²) < 4.78 is 5.31. The van der Waals surface area contributed by atoms with E-state index in [0.717, 1.165) is 6.54 Å². The zero-order valence-corrected chi connectivity index (χ0v) is 6.68. The highest BCUT2D eigenvalue weighted by Gasteiger charge is 2.22. The van der Waals surface area contributed by atoms with Crippen molar-refractivity contribution in [1.29, 1.82) is 0 Å². The summed E-state index contributed by atoms with van der Waals surface area (Å²) in [6.07, 6.45) is 5.56. The molecular weight excluding hydrogens is 126 g/mol. The van der Waals surface area contributed by atoms with Crippen LogP contribution in [0.25, 0.3) is 0 Å². The first-order chi connectivity index (χ1) is 4.88. The van der Waals surface area contributed by atoms with Gasteiger partial charge in [0.2, 0.25) is 0 Å². The second-order valence-electron chi connectivity index (χ2n) is 3.05. The summed E-state index contributed by atoms with van der Waals surface area (Å²) in [5, 5.41) is 0. The third-order valence-electron chi connectivity index (χ3n) is 2.44. The van der Waals surface area contributed by atoms with E-state index in [0.29, 0.717) is 12.0 Å². The summed E-state index contributed by atoms with van der Waals surface area (Å²) in [6.45, 7) is 0.790. The SMILES string of the molecule is COC1CCCCC1CN. The lowest BCUT2D eigenvalue weighted by atomic mass is 9.86. The summed E-state index contributed by atoms with van der Waals surface area (Å²) in [5.74, 6) is 0.624. The van der Waals surface area contributed by atoms with Gasteiger partial charge in [0.15, 0.2) is 0 Å². The largest absolute Gasteiger partial charge is 0.381 e. The van der Waals surface area contributed by atoms with E-state index in [1.165, 1.54) is 25.7 Å². The van der Waals surface area contributed by atoms with Crippen LogP contribution in [-0.4, -0.2) is 19.8 Å². The molecule has 0 bridgehead atoms. The number of hydrogen-bond acceptors (Lipinski definition) is 2. The van der Waals surface area contributed by atoms with Crippen LogP contribution in [0.1, 0.15) is 25.7 Å². The molecule has 0 heterocycles. The Labute approximate surface area is 62.7 Å². The molecule has 2 unspecified atom stereocenters. The van der Waals surface area contributed by atoms with E-state index in [-0.39, 0.29) is 0 Å². The molecule has 2 N–H and O–H groups in total. The van der Waals surface area contributed by atoms with Gasteiger partial charge in [-0.15, -0.1) is 0 Å². The molecule has 1 aliphatic rings. The van der Waals surface area contributed by atoms with Crippen molar-refractivity contribution in [2.75, 3.05) is 13.7 Å². The molecule has 60 valence electrons. The van der Waals surface area contributed by atoms with Gasteiger partial charge in [0.1, 0.15) is 0 Å². The molecule has 2 heteroatoms. The number of nitrogens with two attached hydrogens (primary N) is 1. The molecule has 0 amide bonds. The lowest BCUT2D eigenvalue weighted by molar-refractivity contribution is 0.0272. The van der Waals surface area contributed by atoms with Crippen LogP contribution in [0, 0.1) is 5.92 Å². The van der Waals surface area contributed by atoms with Crippen LogP contribution >= 0.6 is 0 Å². The molecule has 10 heavy (non-hydrogen) atoms. The third kappa shape index (κ3) is 1.70. The molecular formula is C8H17NO. The van der Waals surface area contributed by atoms with Gasteiger partial charge >= 0.3 is 0 Å². The molecule has 1 rings (SSSR count). The van der Waals surface area contributed by atoms with Gasteiger partial charge in [-0.1, -0.05) is 12.8 Å². The predicted molar refractivity (Wildman–Crippen MR) is 41.8 cm³/mol. The normalized spacial score (nSPS) is 34.2. The van der Waals surface area contributed by atoms with E-state index >= 15 is 0 Å². The fourth-order valence-corrected chi connectivity index (χ4v) is 1.75. The minimum atomic E-state index is 0.443. The number of rotatable bonds is 2. The first-order valence-electron chi connectivity index (χ1n) is 4.11. The Hall–Kier alpha value is -0.0800. The number of ether oxygens (including phenoxy) is 1. The number of hydrogen-bond donors (Lipinski definition) is 1.